The van der Waals surface area contributed by atoms with Crippen LogP contribution in [0.15, 0.2) is 0 Å². The number of hydrogen-bond acceptors (Lipinski definition) is 6. The van der Waals surface area contributed by atoms with E-state index >= 15 is 0 Å². The number of rotatable bonds is 0. The van der Waals surface area contributed by atoms with Crippen LogP contribution in [0, 0.1) is 10.8 Å². The van der Waals surface area contributed by atoms with Crippen LogP contribution in [-0.4, -0.2) is 87.0 Å². The summed E-state index contributed by atoms with van der Waals surface area (Å²) in [6.45, 7) is 9.03. The maximum Gasteiger partial charge on any atom is 0.446 e. The SMILES string of the molecule is CC(C)(C)C(=O)N1CC2(C1)O[C@@](C)(O)C1(CN(C(=O)C(C)(C)C)C1)O[C@@]2(O)C(F)(F)F. The van der Waals surface area contributed by atoms with Gasteiger partial charge in [-0.05, 0) is 6.92 Å². The normalized spacial score (nSPS) is 32.6. The molecule has 0 bridgehead atoms. The number of carbonyl (C=O) groups is 2. The minimum atomic E-state index is -5.28. The lowest BCUT2D eigenvalue weighted by atomic mass is 9.74. The molecule has 0 aromatic heterocycles. The van der Waals surface area contributed by atoms with Crippen molar-refractivity contribution in [2.24, 2.45) is 10.8 Å². The van der Waals surface area contributed by atoms with Crippen LogP contribution in [0.25, 0.3) is 0 Å². The van der Waals surface area contributed by atoms with E-state index in [1.54, 1.807) is 41.5 Å². The number of hydrogen-bond donors (Lipinski definition) is 2. The standard InChI is InChI=1S/C20H31F3N2O6/c1-14(2,3)12(26)24-8-17(9-24)16(7,28)30-18(19(29,31-17)20(21,22)23)10-25(11-18)13(27)15(4,5)6/h28-29H,8-11H2,1-7H3/t16-,19-/m1/s1. The van der Waals surface area contributed by atoms with Crippen molar-refractivity contribution in [3.63, 3.8) is 0 Å². The van der Waals surface area contributed by atoms with Gasteiger partial charge in [0.05, 0.1) is 26.2 Å². The molecule has 0 aromatic rings. The predicted octanol–water partition coefficient (Wildman–Crippen LogP) is 1.25. The molecule has 31 heavy (non-hydrogen) atoms. The maximum atomic E-state index is 14.1. The summed E-state index contributed by atoms with van der Waals surface area (Å²) in [6, 6.07) is 0. The Hall–Kier alpha value is -1.43. The number of aliphatic hydroxyl groups is 2. The van der Waals surface area contributed by atoms with E-state index in [1.165, 1.54) is 4.90 Å². The summed E-state index contributed by atoms with van der Waals surface area (Å²) in [5.74, 6) is -6.76. The fraction of sp³-hybridized carbons (Fsp3) is 0.900. The zero-order valence-corrected chi connectivity index (χ0v) is 18.9. The fourth-order valence-corrected chi connectivity index (χ4v) is 4.34. The lowest BCUT2D eigenvalue weighted by molar-refractivity contribution is -0.550. The van der Waals surface area contributed by atoms with Crippen molar-refractivity contribution in [3.8, 4) is 0 Å². The Labute approximate surface area is 179 Å². The van der Waals surface area contributed by atoms with Crippen LogP contribution in [0.3, 0.4) is 0 Å². The van der Waals surface area contributed by atoms with E-state index in [9.17, 15) is 33.0 Å². The summed E-state index contributed by atoms with van der Waals surface area (Å²) in [6.07, 6.45) is -5.28. The zero-order valence-electron chi connectivity index (χ0n) is 18.9. The van der Waals surface area contributed by atoms with E-state index in [1.807, 2.05) is 0 Å². The van der Waals surface area contributed by atoms with Gasteiger partial charge >= 0.3 is 6.18 Å². The van der Waals surface area contributed by atoms with E-state index < -0.39 is 58.8 Å². The molecule has 2 amide bonds. The summed E-state index contributed by atoms with van der Waals surface area (Å²) in [4.78, 5) is 27.3. The third-order valence-electron chi connectivity index (χ3n) is 6.23. The lowest BCUT2D eigenvalue weighted by Crippen LogP contribution is -2.91. The second-order valence-electron chi connectivity index (χ2n) is 11.1. The number of carbonyl (C=O) groups excluding carboxylic acids is 2. The second-order valence-corrected chi connectivity index (χ2v) is 11.1. The molecule has 3 aliphatic heterocycles. The molecule has 3 aliphatic rings. The van der Waals surface area contributed by atoms with Crippen molar-refractivity contribution in [3.05, 3.63) is 0 Å². The lowest BCUT2D eigenvalue weighted by Gasteiger charge is -2.69. The minimum absolute atomic E-state index is 0.334. The average Bonchev–Trinajstić information content (AvgIpc) is 2.47. The first-order valence-electron chi connectivity index (χ1n) is 10.1. The third kappa shape index (κ3) is 3.35. The maximum absolute atomic E-state index is 14.1. The van der Waals surface area contributed by atoms with Crippen molar-refractivity contribution in [2.45, 2.75) is 77.4 Å². The number of ether oxygens (including phenoxy) is 2. The Morgan fingerprint density at radius 3 is 1.45 bits per heavy atom. The Kier molecular flexibility index (Phi) is 4.95. The molecule has 3 rings (SSSR count). The Morgan fingerprint density at radius 2 is 1.13 bits per heavy atom. The van der Waals surface area contributed by atoms with Gasteiger partial charge in [0.15, 0.2) is 17.0 Å². The highest BCUT2D eigenvalue weighted by Crippen LogP contribution is 2.57. The fourth-order valence-electron chi connectivity index (χ4n) is 4.34. The molecule has 0 saturated carbocycles. The molecule has 0 aliphatic carbocycles. The Balaban J connectivity index is 1.90. The van der Waals surface area contributed by atoms with E-state index in [0.717, 1.165) is 11.8 Å². The second kappa shape index (κ2) is 6.33. The predicted molar refractivity (Wildman–Crippen MR) is 101 cm³/mol. The van der Waals surface area contributed by atoms with Gasteiger partial charge in [-0.3, -0.25) is 9.59 Å². The van der Waals surface area contributed by atoms with Crippen LogP contribution < -0.4 is 0 Å². The molecular formula is C20H31F3N2O6. The van der Waals surface area contributed by atoms with Gasteiger partial charge in [0.1, 0.15) is 0 Å². The van der Waals surface area contributed by atoms with Crippen LogP contribution in [0.1, 0.15) is 48.5 Å². The first-order valence-corrected chi connectivity index (χ1v) is 10.1. The topological polar surface area (TPSA) is 99.5 Å². The van der Waals surface area contributed by atoms with Crippen molar-refractivity contribution in [1.29, 1.82) is 0 Å². The molecule has 3 heterocycles. The average molecular weight is 452 g/mol. The van der Waals surface area contributed by atoms with Crippen LogP contribution >= 0.6 is 0 Å². The number of alkyl halides is 3. The van der Waals surface area contributed by atoms with E-state index in [4.69, 9.17) is 9.47 Å². The smallest absolute Gasteiger partial charge is 0.363 e. The van der Waals surface area contributed by atoms with E-state index in [0.29, 0.717) is 0 Å². The summed E-state index contributed by atoms with van der Waals surface area (Å²) < 4.78 is 53.0. The molecule has 3 fully saturated rings. The zero-order chi connectivity index (χ0) is 24.1. The number of nitrogens with zero attached hydrogens (tertiary/aromatic N) is 2. The Bertz CT molecular complexity index is 786. The summed E-state index contributed by atoms with van der Waals surface area (Å²) in [5.41, 5.74) is -6.00. The molecule has 0 aromatic carbocycles. The first-order chi connectivity index (χ1) is 13.6. The molecule has 0 radical (unpaired) electrons. The van der Waals surface area contributed by atoms with Crippen molar-refractivity contribution in [2.75, 3.05) is 26.2 Å². The molecule has 0 unspecified atom stereocenters. The van der Waals surface area contributed by atoms with Crippen LogP contribution in [-0.2, 0) is 19.1 Å². The van der Waals surface area contributed by atoms with Crippen LogP contribution in [0.4, 0.5) is 13.2 Å². The first kappa shape index (κ1) is 24.2. The third-order valence-corrected chi connectivity index (χ3v) is 6.23. The number of likely N-dealkylation sites (tertiary alicyclic amines) is 2. The van der Waals surface area contributed by atoms with Crippen LogP contribution in [0.5, 0.6) is 0 Å². The minimum Gasteiger partial charge on any atom is -0.363 e. The van der Waals surface area contributed by atoms with Gasteiger partial charge in [0.25, 0.3) is 5.79 Å². The highest BCUT2D eigenvalue weighted by atomic mass is 19.4. The van der Waals surface area contributed by atoms with E-state index in [2.05, 4.69) is 0 Å². The molecule has 2 spiro atoms. The van der Waals surface area contributed by atoms with Crippen molar-refractivity contribution in [1.82, 2.24) is 9.80 Å². The highest BCUT2D eigenvalue weighted by molar-refractivity contribution is 5.83. The molecule has 11 heteroatoms. The number of halogens is 3. The quantitative estimate of drug-likeness (QED) is 0.574. The van der Waals surface area contributed by atoms with Gasteiger partial charge in [-0.2, -0.15) is 13.2 Å². The van der Waals surface area contributed by atoms with Gasteiger partial charge in [0.2, 0.25) is 11.8 Å². The molecule has 2 N–H and O–H groups in total. The van der Waals surface area contributed by atoms with E-state index in [-0.39, 0.29) is 19.0 Å². The van der Waals surface area contributed by atoms with Gasteiger partial charge in [-0.25, -0.2) is 0 Å². The molecule has 178 valence electrons. The monoisotopic (exact) mass is 452 g/mol. The highest BCUT2D eigenvalue weighted by Gasteiger charge is 2.82. The van der Waals surface area contributed by atoms with Crippen LogP contribution in [0.2, 0.25) is 0 Å². The molecule has 3 saturated heterocycles. The van der Waals surface area contributed by atoms with Gasteiger partial charge in [-0.15, -0.1) is 0 Å². The summed E-state index contributed by atoms with van der Waals surface area (Å²) in [7, 11) is 0. The molecule has 8 nitrogen and oxygen atoms in total. The van der Waals surface area contributed by atoms with Crippen molar-refractivity contribution >= 4 is 11.8 Å². The van der Waals surface area contributed by atoms with Gasteiger partial charge in [-0.1, -0.05) is 41.5 Å². The van der Waals surface area contributed by atoms with Crippen molar-refractivity contribution < 1.29 is 42.4 Å². The Morgan fingerprint density at radius 1 is 0.774 bits per heavy atom. The summed E-state index contributed by atoms with van der Waals surface area (Å²) in [5, 5.41) is 21.7. The van der Waals surface area contributed by atoms with Gasteiger partial charge < -0.3 is 29.5 Å². The summed E-state index contributed by atoms with van der Waals surface area (Å²) >= 11 is 0. The molecule has 2 atom stereocenters. The number of amides is 2. The molecular weight excluding hydrogens is 421 g/mol. The van der Waals surface area contributed by atoms with Gasteiger partial charge in [0, 0.05) is 10.8 Å². The largest absolute Gasteiger partial charge is 0.446 e.